The van der Waals surface area contributed by atoms with Gasteiger partial charge in [-0.15, -0.1) is 0 Å². The maximum absolute atomic E-state index is 5.03. The number of hydrogen-bond donors (Lipinski definition) is 0. The van der Waals surface area contributed by atoms with E-state index in [2.05, 4.69) is 17.2 Å². The molecule has 0 N–H and O–H groups in total. The monoisotopic (exact) mass is 178 g/mol. The van der Waals surface area contributed by atoms with Crippen molar-refractivity contribution in [2.45, 2.75) is 19.3 Å². The molecule has 0 spiro atoms. The Morgan fingerprint density at radius 2 is 2.00 bits per heavy atom. The minimum Gasteiger partial charge on any atom is -0.361 e. The van der Waals surface area contributed by atoms with Crippen LogP contribution >= 0.6 is 0 Å². The summed E-state index contributed by atoms with van der Waals surface area (Å²) in [6.45, 7) is 2.06. The fraction of sp³-hybridized carbons (Fsp3) is 0.333. The van der Waals surface area contributed by atoms with E-state index in [-0.39, 0.29) is 5.92 Å². The molecule has 0 aromatic carbocycles. The lowest BCUT2D eigenvalue weighted by atomic mass is 10.0. The molecule has 1 unspecified atom stereocenters. The van der Waals surface area contributed by atoms with Gasteiger partial charge in [-0.25, -0.2) is 0 Å². The summed E-state index contributed by atoms with van der Waals surface area (Å²) in [6, 6.07) is 3.72. The van der Waals surface area contributed by atoms with Crippen LogP contribution in [0.25, 0.3) is 0 Å². The molecule has 0 aliphatic rings. The topological polar surface area (TPSA) is 52.1 Å². The van der Waals surface area contributed by atoms with Gasteiger partial charge in [0.05, 0.1) is 12.4 Å². The highest BCUT2D eigenvalue weighted by atomic mass is 16.5. The molecule has 0 saturated carbocycles. The molecule has 0 saturated heterocycles. The third kappa shape index (κ3) is 1.77. The summed E-state index contributed by atoms with van der Waals surface area (Å²) in [7, 11) is 0. The lowest BCUT2D eigenvalue weighted by molar-refractivity contribution is 0.341. The third-order valence-corrected chi connectivity index (χ3v) is 1.94. The second-order valence-corrected chi connectivity index (χ2v) is 3.00. The largest absolute Gasteiger partial charge is 0.361 e. The lowest BCUT2D eigenvalue weighted by Gasteiger charge is -2.02. The van der Waals surface area contributed by atoms with Crippen molar-refractivity contribution in [3.63, 3.8) is 0 Å². The number of rotatable bonds is 3. The van der Waals surface area contributed by atoms with Crippen LogP contribution in [0.1, 0.15) is 24.4 Å². The van der Waals surface area contributed by atoms with Crippen LogP contribution in [0.5, 0.6) is 0 Å². The van der Waals surface area contributed by atoms with Crippen molar-refractivity contribution in [2.75, 3.05) is 0 Å². The SMILES string of the molecule is CC(Cc1ccno1)c1ccno1. The summed E-state index contributed by atoms with van der Waals surface area (Å²) in [6.07, 6.45) is 4.07. The second-order valence-electron chi connectivity index (χ2n) is 3.00. The first-order valence-electron chi connectivity index (χ1n) is 4.16. The van der Waals surface area contributed by atoms with Gasteiger partial charge in [0, 0.05) is 24.5 Å². The van der Waals surface area contributed by atoms with E-state index < -0.39 is 0 Å². The highest BCUT2D eigenvalue weighted by Gasteiger charge is 2.11. The molecule has 0 aliphatic carbocycles. The van der Waals surface area contributed by atoms with Gasteiger partial charge in [-0.3, -0.25) is 0 Å². The predicted molar refractivity (Wildman–Crippen MR) is 45.1 cm³/mol. The molecular formula is C9H10N2O2. The van der Waals surface area contributed by atoms with E-state index in [1.54, 1.807) is 12.4 Å². The number of nitrogens with zero attached hydrogens (tertiary/aromatic N) is 2. The summed E-state index contributed by atoms with van der Waals surface area (Å²) in [5.74, 6) is 2.01. The molecule has 2 aromatic heterocycles. The predicted octanol–water partition coefficient (Wildman–Crippen LogP) is 2.01. The van der Waals surface area contributed by atoms with E-state index in [4.69, 9.17) is 9.05 Å². The minimum atomic E-state index is 0.274. The van der Waals surface area contributed by atoms with Crippen molar-refractivity contribution in [1.29, 1.82) is 0 Å². The molecule has 4 heteroatoms. The van der Waals surface area contributed by atoms with Crippen molar-refractivity contribution in [3.8, 4) is 0 Å². The summed E-state index contributed by atoms with van der Waals surface area (Å²) < 4.78 is 10.0. The van der Waals surface area contributed by atoms with Gasteiger partial charge < -0.3 is 9.05 Å². The van der Waals surface area contributed by atoms with E-state index in [1.165, 1.54) is 0 Å². The quantitative estimate of drug-likeness (QED) is 0.721. The van der Waals surface area contributed by atoms with Crippen molar-refractivity contribution in [2.24, 2.45) is 0 Å². The van der Waals surface area contributed by atoms with Gasteiger partial charge >= 0.3 is 0 Å². The standard InChI is InChI=1S/C9H10N2O2/c1-7(9-3-5-11-13-9)6-8-2-4-10-12-8/h2-5,7H,6H2,1H3. The Balaban J connectivity index is 2.04. The highest BCUT2D eigenvalue weighted by Crippen LogP contribution is 2.18. The van der Waals surface area contributed by atoms with E-state index in [9.17, 15) is 0 Å². The Hall–Kier alpha value is -1.58. The molecule has 0 bridgehead atoms. The second kappa shape index (κ2) is 3.43. The lowest BCUT2D eigenvalue weighted by Crippen LogP contribution is -1.95. The summed E-state index contributed by atoms with van der Waals surface area (Å²) in [4.78, 5) is 0. The van der Waals surface area contributed by atoms with E-state index in [0.717, 1.165) is 17.9 Å². The molecule has 4 nitrogen and oxygen atoms in total. The molecular weight excluding hydrogens is 168 g/mol. The van der Waals surface area contributed by atoms with E-state index in [0.29, 0.717) is 0 Å². The summed E-state index contributed by atoms with van der Waals surface area (Å²) >= 11 is 0. The molecule has 0 fully saturated rings. The van der Waals surface area contributed by atoms with Gasteiger partial charge in [-0.05, 0) is 0 Å². The molecule has 0 amide bonds. The van der Waals surface area contributed by atoms with Crippen LogP contribution < -0.4 is 0 Å². The first-order chi connectivity index (χ1) is 6.36. The summed E-state index contributed by atoms with van der Waals surface area (Å²) in [5, 5.41) is 7.29. The zero-order chi connectivity index (χ0) is 9.10. The van der Waals surface area contributed by atoms with Crippen molar-refractivity contribution in [1.82, 2.24) is 10.3 Å². The molecule has 1 atom stereocenters. The molecule has 2 rings (SSSR count). The molecule has 68 valence electrons. The first kappa shape index (κ1) is 8.04. The minimum absolute atomic E-state index is 0.274. The van der Waals surface area contributed by atoms with Gasteiger partial charge in [0.25, 0.3) is 0 Å². The molecule has 13 heavy (non-hydrogen) atoms. The Morgan fingerprint density at radius 1 is 1.23 bits per heavy atom. The van der Waals surface area contributed by atoms with Crippen molar-refractivity contribution in [3.05, 3.63) is 36.0 Å². The van der Waals surface area contributed by atoms with Gasteiger partial charge in [0.1, 0.15) is 11.5 Å². The highest BCUT2D eigenvalue weighted by molar-refractivity contribution is 5.05. The van der Waals surface area contributed by atoms with Crippen LogP contribution in [0.4, 0.5) is 0 Å². The Morgan fingerprint density at radius 3 is 2.62 bits per heavy atom. The Kier molecular flexibility index (Phi) is 2.12. The number of hydrogen-bond acceptors (Lipinski definition) is 4. The van der Waals surface area contributed by atoms with Gasteiger partial charge in [0.15, 0.2) is 0 Å². The van der Waals surface area contributed by atoms with Crippen LogP contribution in [0.3, 0.4) is 0 Å². The van der Waals surface area contributed by atoms with E-state index in [1.807, 2.05) is 12.1 Å². The fourth-order valence-corrected chi connectivity index (χ4v) is 1.23. The smallest absolute Gasteiger partial charge is 0.139 e. The van der Waals surface area contributed by atoms with Crippen LogP contribution in [-0.2, 0) is 6.42 Å². The first-order valence-corrected chi connectivity index (χ1v) is 4.16. The fourth-order valence-electron chi connectivity index (χ4n) is 1.23. The van der Waals surface area contributed by atoms with Crippen molar-refractivity contribution >= 4 is 0 Å². The van der Waals surface area contributed by atoms with Crippen LogP contribution in [0.15, 0.2) is 33.6 Å². The molecule has 2 heterocycles. The van der Waals surface area contributed by atoms with Crippen molar-refractivity contribution < 1.29 is 9.05 Å². The average Bonchev–Trinajstić information content (AvgIpc) is 2.74. The van der Waals surface area contributed by atoms with Crippen LogP contribution in [0, 0.1) is 0 Å². The number of aromatic nitrogens is 2. The Bertz CT molecular complexity index is 340. The van der Waals surface area contributed by atoms with E-state index >= 15 is 0 Å². The van der Waals surface area contributed by atoms with Gasteiger partial charge in [0.2, 0.25) is 0 Å². The maximum Gasteiger partial charge on any atom is 0.139 e. The molecule has 2 aromatic rings. The van der Waals surface area contributed by atoms with Gasteiger partial charge in [-0.2, -0.15) is 0 Å². The Labute approximate surface area is 75.5 Å². The third-order valence-electron chi connectivity index (χ3n) is 1.94. The molecule has 0 aliphatic heterocycles. The van der Waals surface area contributed by atoms with Crippen LogP contribution in [0.2, 0.25) is 0 Å². The van der Waals surface area contributed by atoms with Gasteiger partial charge in [-0.1, -0.05) is 17.2 Å². The normalized spacial score (nSPS) is 13.0. The molecule has 0 radical (unpaired) electrons. The van der Waals surface area contributed by atoms with Crippen LogP contribution in [-0.4, -0.2) is 10.3 Å². The maximum atomic E-state index is 5.03. The zero-order valence-electron chi connectivity index (χ0n) is 7.30. The zero-order valence-corrected chi connectivity index (χ0v) is 7.30. The summed E-state index contributed by atoms with van der Waals surface area (Å²) in [5.41, 5.74) is 0. The average molecular weight is 178 g/mol.